The summed E-state index contributed by atoms with van der Waals surface area (Å²) in [6, 6.07) is 7.47. The normalized spacial score (nSPS) is 10.5. The molecule has 0 aliphatic carbocycles. The Morgan fingerprint density at radius 1 is 1.33 bits per heavy atom. The molecule has 0 bridgehead atoms. The minimum absolute atomic E-state index is 0.0534. The molecule has 1 aromatic rings. The molecule has 21 heavy (non-hydrogen) atoms. The van der Waals surface area contributed by atoms with Crippen molar-refractivity contribution in [1.29, 1.82) is 0 Å². The number of hydrogen-bond donors (Lipinski definition) is 2. The molecule has 0 unspecified atom stereocenters. The van der Waals surface area contributed by atoms with E-state index in [1.165, 1.54) is 7.11 Å². The second kappa shape index (κ2) is 9.10. The summed E-state index contributed by atoms with van der Waals surface area (Å²) in [6.45, 7) is 1.27. The number of nitrogens with zero attached hydrogens (tertiary/aromatic N) is 1. The van der Waals surface area contributed by atoms with Crippen LogP contribution in [0.3, 0.4) is 0 Å². The van der Waals surface area contributed by atoms with Crippen LogP contribution < -0.4 is 11.1 Å². The van der Waals surface area contributed by atoms with Crippen LogP contribution in [0, 0.1) is 0 Å². The molecule has 3 N–H and O–H groups in total. The highest BCUT2D eigenvalue weighted by atomic mass is 16.5. The number of amides is 1. The maximum Gasteiger partial charge on any atom is 0.319 e. The molecule has 0 fully saturated rings. The number of anilines is 1. The molecule has 0 aliphatic heterocycles. The molecule has 6 nitrogen and oxygen atoms in total. The zero-order chi connectivity index (χ0) is 15.7. The lowest BCUT2D eigenvalue weighted by molar-refractivity contribution is -0.141. The SMILES string of the molecule is COC(=O)CN(C)CCCC(=O)Nc1ccccc1CN. The van der Waals surface area contributed by atoms with Crippen LogP contribution in [-0.4, -0.2) is 44.0 Å². The molecular formula is C15H23N3O3. The van der Waals surface area contributed by atoms with Gasteiger partial charge in [-0.05, 0) is 31.6 Å². The van der Waals surface area contributed by atoms with Gasteiger partial charge in [0, 0.05) is 18.7 Å². The Balaban J connectivity index is 2.33. The third-order valence-electron chi connectivity index (χ3n) is 3.08. The van der Waals surface area contributed by atoms with Crippen molar-refractivity contribution < 1.29 is 14.3 Å². The molecular weight excluding hydrogens is 270 g/mol. The van der Waals surface area contributed by atoms with E-state index in [-0.39, 0.29) is 18.4 Å². The summed E-state index contributed by atoms with van der Waals surface area (Å²) in [6.07, 6.45) is 1.06. The number of rotatable bonds is 8. The molecule has 0 atom stereocenters. The van der Waals surface area contributed by atoms with Crippen molar-refractivity contribution >= 4 is 17.6 Å². The Morgan fingerprint density at radius 2 is 2.05 bits per heavy atom. The fourth-order valence-corrected chi connectivity index (χ4v) is 1.91. The molecule has 0 spiro atoms. The van der Waals surface area contributed by atoms with Crippen LogP contribution in [0.25, 0.3) is 0 Å². The maximum absolute atomic E-state index is 11.9. The van der Waals surface area contributed by atoms with Gasteiger partial charge in [0.15, 0.2) is 0 Å². The van der Waals surface area contributed by atoms with Crippen LogP contribution in [0.5, 0.6) is 0 Å². The van der Waals surface area contributed by atoms with E-state index in [0.29, 0.717) is 25.9 Å². The van der Waals surface area contributed by atoms with E-state index in [1.807, 2.05) is 36.2 Å². The van der Waals surface area contributed by atoms with Crippen LogP contribution in [0.1, 0.15) is 18.4 Å². The Kier molecular flexibility index (Phi) is 7.42. The molecule has 1 amide bonds. The van der Waals surface area contributed by atoms with Crippen LogP contribution in [0.4, 0.5) is 5.69 Å². The fourth-order valence-electron chi connectivity index (χ4n) is 1.91. The monoisotopic (exact) mass is 293 g/mol. The Bertz CT molecular complexity index is 477. The highest BCUT2D eigenvalue weighted by Gasteiger charge is 2.08. The molecule has 0 aromatic heterocycles. The molecule has 0 aliphatic rings. The number of carbonyl (C=O) groups is 2. The average molecular weight is 293 g/mol. The summed E-state index contributed by atoms with van der Waals surface area (Å²) in [5.74, 6) is -0.332. The Morgan fingerprint density at radius 3 is 2.71 bits per heavy atom. The molecule has 116 valence electrons. The third-order valence-corrected chi connectivity index (χ3v) is 3.08. The van der Waals surface area contributed by atoms with Crippen LogP contribution in [-0.2, 0) is 20.9 Å². The molecule has 1 rings (SSSR count). The van der Waals surface area contributed by atoms with E-state index >= 15 is 0 Å². The first-order chi connectivity index (χ1) is 10.1. The largest absolute Gasteiger partial charge is 0.468 e. The van der Waals surface area contributed by atoms with E-state index < -0.39 is 0 Å². The van der Waals surface area contributed by atoms with Crippen molar-refractivity contribution in [2.24, 2.45) is 5.73 Å². The van der Waals surface area contributed by atoms with Gasteiger partial charge in [0.05, 0.1) is 13.7 Å². The third kappa shape index (κ3) is 6.37. The summed E-state index contributed by atoms with van der Waals surface area (Å²) >= 11 is 0. The standard InChI is InChI=1S/C15H23N3O3/c1-18(11-15(20)21-2)9-5-8-14(19)17-13-7-4-3-6-12(13)10-16/h3-4,6-7H,5,8-11,16H2,1-2H3,(H,17,19). The van der Waals surface area contributed by atoms with E-state index in [4.69, 9.17) is 5.73 Å². The summed E-state index contributed by atoms with van der Waals surface area (Å²) in [4.78, 5) is 24.8. The quantitative estimate of drug-likeness (QED) is 0.698. The van der Waals surface area contributed by atoms with E-state index in [0.717, 1.165) is 11.3 Å². The number of para-hydroxylation sites is 1. The number of likely N-dealkylation sites (N-methyl/N-ethyl adjacent to an activating group) is 1. The van der Waals surface area contributed by atoms with E-state index in [2.05, 4.69) is 10.1 Å². The molecule has 0 saturated heterocycles. The molecule has 0 radical (unpaired) electrons. The lowest BCUT2D eigenvalue weighted by Gasteiger charge is -2.15. The van der Waals surface area contributed by atoms with Gasteiger partial charge in [0.1, 0.15) is 0 Å². The maximum atomic E-state index is 11.9. The van der Waals surface area contributed by atoms with Gasteiger partial charge in [-0.15, -0.1) is 0 Å². The number of benzene rings is 1. The van der Waals surface area contributed by atoms with Gasteiger partial charge in [0.2, 0.25) is 5.91 Å². The van der Waals surface area contributed by atoms with Crippen molar-refractivity contribution in [2.45, 2.75) is 19.4 Å². The number of esters is 1. The van der Waals surface area contributed by atoms with Gasteiger partial charge in [-0.2, -0.15) is 0 Å². The predicted octanol–water partition coefficient (Wildman–Crippen LogP) is 0.969. The van der Waals surface area contributed by atoms with Gasteiger partial charge >= 0.3 is 5.97 Å². The van der Waals surface area contributed by atoms with Crippen molar-refractivity contribution in [3.05, 3.63) is 29.8 Å². The highest BCUT2D eigenvalue weighted by Crippen LogP contribution is 2.14. The summed E-state index contributed by atoms with van der Waals surface area (Å²) in [7, 11) is 3.18. The zero-order valence-corrected chi connectivity index (χ0v) is 12.6. The lowest BCUT2D eigenvalue weighted by atomic mass is 10.1. The number of hydrogen-bond acceptors (Lipinski definition) is 5. The van der Waals surface area contributed by atoms with Crippen molar-refractivity contribution in [2.75, 3.05) is 32.6 Å². The van der Waals surface area contributed by atoms with Gasteiger partial charge in [-0.1, -0.05) is 18.2 Å². The predicted molar refractivity (Wildman–Crippen MR) is 81.7 cm³/mol. The van der Waals surface area contributed by atoms with Gasteiger partial charge in [0.25, 0.3) is 0 Å². The van der Waals surface area contributed by atoms with Crippen molar-refractivity contribution in [3.63, 3.8) is 0 Å². The second-order valence-corrected chi connectivity index (χ2v) is 4.83. The minimum Gasteiger partial charge on any atom is -0.468 e. The first-order valence-electron chi connectivity index (χ1n) is 6.90. The Labute approximate surface area is 125 Å². The van der Waals surface area contributed by atoms with Crippen LogP contribution in [0.15, 0.2) is 24.3 Å². The molecule has 6 heteroatoms. The Hall–Kier alpha value is -1.92. The highest BCUT2D eigenvalue weighted by molar-refractivity contribution is 5.91. The first-order valence-corrected chi connectivity index (χ1v) is 6.90. The van der Waals surface area contributed by atoms with Crippen LogP contribution >= 0.6 is 0 Å². The number of nitrogens with one attached hydrogen (secondary N) is 1. The van der Waals surface area contributed by atoms with Crippen molar-refractivity contribution in [1.82, 2.24) is 4.90 Å². The second-order valence-electron chi connectivity index (χ2n) is 4.83. The number of carbonyl (C=O) groups excluding carboxylic acids is 2. The van der Waals surface area contributed by atoms with Gasteiger partial charge in [-0.25, -0.2) is 0 Å². The molecule has 0 saturated carbocycles. The number of ether oxygens (including phenoxy) is 1. The number of methoxy groups -OCH3 is 1. The lowest BCUT2D eigenvalue weighted by Crippen LogP contribution is -2.28. The first kappa shape index (κ1) is 17.1. The zero-order valence-electron chi connectivity index (χ0n) is 12.6. The fraction of sp³-hybridized carbons (Fsp3) is 0.467. The average Bonchev–Trinajstić information content (AvgIpc) is 2.47. The van der Waals surface area contributed by atoms with E-state index in [9.17, 15) is 9.59 Å². The van der Waals surface area contributed by atoms with E-state index in [1.54, 1.807) is 0 Å². The van der Waals surface area contributed by atoms with Crippen LogP contribution in [0.2, 0.25) is 0 Å². The summed E-state index contributed by atoms with van der Waals surface area (Å²) in [5, 5.41) is 2.86. The van der Waals surface area contributed by atoms with Gasteiger partial charge in [-0.3, -0.25) is 14.5 Å². The van der Waals surface area contributed by atoms with Gasteiger partial charge < -0.3 is 15.8 Å². The minimum atomic E-state index is -0.279. The summed E-state index contributed by atoms with van der Waals surface area (Å²) in [5.41, 5.74) is 7.29. The molecule has 1 aromatic carbocycles. The smallest absolute Gasteiger partial charge is 0.319 e. The summed E-state index contributed by atoms with van der Waals surface area (Å²) < 4.78 is 4.58. The molecule has 0 heterocycles. The number of nitrogens with two attached hydrogens (primary N) is 1. The topological polar surface area (TPSA) is 84.7 Å². The van der Waals surface area contributed by atoms with Crippen molar-refractivity contribution in [3.8, 4) is 0 Å².